The standard InChI is InChI=1S/C17H16BrNO4/c18-13-3-6-16(22)12(8-13)9-19-15(17(23)10-20)7-11-1-4-14(21)5-2-11/h1-6,8-9,15,20-22H,7,10H2. The van der Waals surface area contributed by atoms with E-state index in [1.165, 1.54) is 24.4 Å². The quantitative estimate of drug-likeness (QED) is 0.674. The zero-order valence-electron chi connectivity index (χ0n) is 12.2. The first kappa shape index (κ1) is 17.2. The molecule has 0 aliphatic heterocycles. The minimum Gasteiger partial charge on any atom is -0.508 e. The molecule has 2 aromatic rings. The third-order valence-electron chi connectivity index (χ3n) is 3.28. The maximum atomic E-state index is 11.9. The Hall–Kier alpha value is -2.18. The fourth-order valence-corrected chi connectivity index (χ4v) is 2.39. The Morgan fingerprint density at radius 1 is 1.17 bits per heavy atom. The van der Waals surface area contributed by atoms with E-state index in [4.69, 9.17) is 5.11 Å². The van der Waals surface area contributed by atoms with Gasteiger partial charge in [-0.2, -0.15) is 0 Å². The minimum absolute atomic E-state index is 0.0526. The van der Waals surface area contributed by atoms with E-state index in [-0.39, 0.29) is 11.5 Å². The summed E-state index contributed by atoms with van der Waals surface area (Å²) in [7, 11) is 0. The van der Waals surface area contributed by atoms with E-state index < -0.39 is 18.4 Å². The summed E-state index contributed by atoms with van der Waals surface area (Å²) < 4.78 is 0.778. The van der Waals surface area contributed by atoms with Crippen molar-refractivity contribution in [2.45, 2.75) is 12.5 Å². The Bertz CT molecular complexity index is 713. The average molecular weight is 378 g/mol. The molecule has 2 rings (SSSR count). The van der Waals surface area contributed by atoms with E-state index in [1.54, 1.807) is 24.3 Å². The largest absolute Gasteiger partial charge is 0.508 e. The Labute approximate surface area is 142 Å². The summed E-state index contributed by atoms with van der Waals surface area (Å²) in [6, 6.07) is 10.6. The van der Waals surface area contributed by atoms with Crippen LogP contribution < -0.4 is 0 Å². The second kappa shape index (κ2) is 7.89. The normalized spacial score (nSPS) is 12.4. The number of hydrogen-bond acceptors (Lipinski definition) is 5. The number of benzene rings is 2. The smallest absolute Gasteiger partial charge is 0.182 e. The van der Waals surface area contributed by atoms with Crippen LogP contribution in [0.5, 0.6) is 11.5 Å². The van der Waals surface area contributed by atoms with Gasteiger partial charge in [0.1, 0.15) is 24.1 Å². The molecule has 0 saturated carbocycles. The van der Waals surface area contributed by atoms with Crippen molar-refractivity contribution >= 4 is 27.9 Å². The molecule has 0 aliphatic carbocycles. The lowest BCUT2D eigenvalue weighted by Gasteiger charge is -2.10. The Balaban J connectivity index is 2.21. The number of aliphatic hydroxyl groups is 1. The van der Waals surface area contributed by atoms with Gasteiger partial charge in [-0.15, -0.1) is 0 Å². The minimum atomic E-state index is -0.761. The number of phenols is 2. The number of phenolic OH excluding ortho intramolecular Hbond substituents is 2. The first-order chi connectivity index (χ1) is 11.0. The van der Waals surface area contributed by atoms with Crippen molar-refractivity contribution in [3.8, 4) is 11.5 Å². The third-order valence-corrected chi connectivity index (χ3v) is 3.77. The lowest BCUT2D eigenvalue weighted by atomic mass is 10.0. The molecule has 120 valence electrons. The van der Waals surface area contributed by atoms with Crippen LogP contribution >= 0.6 is 15.9 Å². The molecule has 2 aromatic carbocycles. The van der Waals surface area contributed by atoms with E-state index in [0.29, 0.717) is 12.0 Å². The van der Waals surface area contributed by atoms with E-state index in [9.17, 15) is 15.0 Å². The van der Waals surface area contributed by atoms with Crippen LogP contribution in [0.1, 0.15) is 11.1 Å². The number of nitrogens with zero attached hydrogens (tertiary/aromatic N) is 1. The number of ketones is 1. The Morgan fingerprint density at radius 3 is 2.52 bits per heavy atom. The van der Waals surface area contributed by atoms with Gasteiger partial charge in [0.25, 0.3) is 0 Å². The summed E-state index contributed by atoms with van der Waals surface area (Å²) in [6.45, 7) is -0.607. The van der Waals surface area contributed by atoms with Gasteiger partial charge in [0.2, 0.25) is 0 Å². The monoisotopic (exact) mass is 377 g/mol. The van der Waals surface area contributed by atoms with Crippen LogP contribution in [0, 0.1) is 0 Å². The topological polar surface area (TPSA) is 90.1 Å². The van der Waals surface area contributed by atoms with Gasteiger partial charge in [0, 0.05) is 22.7 Å². The molecule has 0 aromatic heterocycles. The number of carbonyl (C=O) groups is 1. The van der Waals surface area contributed by atoms with Crippen LogP contribution in [-0.2, 0) is 11.2 Å². The molecule has 0 fully saturated rings. The van der Waals surface area contributed by atoms with Crippen molar-refractivity contribution in [2.24, 2.45) is 4.99 Å². The molecule has 5 nitrogen and oxygen atoms in total. The average Bonchev–Trinajstić information content (AvgIpc) is 2.55. The van der Waals surface area contributed by atoms with Crippen LogP contribution in [0.2, 0.25) is 0 Å². The lowest BCUT2D eigenvalue weighted by molar-refractivity contribution is -0.122. The van der Waals surface area contributed by atoms with Gasteiger partial charge in [-0.05, 0) is 35.9 Å². The molecule has 1 unspecified atom stereocenters. The first-order valence-electron chi connectivity index (χ1n) is 6.93. The molecule has 0 amide bonds. The van der Waals surface area contributed by atoms with Gasteiger partial charge in [-0.1, -0.05) is 28.1 Å². The van der Waals surface area contributed by atoms with Gasteiger partial charge < -0.3 is 15.3 Å². The van der Waals surface area contributed by atoms with Crippen molar-refractivity contribution in [1.29, 1.82) is 0 Å². The third kappa shape index (κ3) is 4.91. The number of hydrogen-bond donors (Lipinski definition) is 3. The van der Waals surface area contributed by atoms with Crippen LogP contribution in [0.15, 0.2) is 51.9 Å². The van der Waals surface area contributed by atoms with E-state index in [2.05, 4.69) is 20.9 Å². The number of aliphatic imine (C=N–C) groups is 1. The van der Waals surface area contributed by atoms with E-state index in [1.807, 2.05) is 0 Å². The van der Waals surface area contributed by atoms with Crippen LogP contribution in [0.4, 0.5) is 0 Å². The van der Waals surface area contributed by atoms with Crippen molar-refractivity contribution in [1.82, 2.24) is 0 Å². The van der Waals surface area contributed by atoms with Crippen LogP contribution in [-0.4, -0.2) is 40.0 Å². The molecule has 0 aliphatic rings. The number of aromatic hydroxyl groups is 2. The summed E-state index contributed by atoms with van der Waals surface area (Å²) in [6.07, 6.45) is 1.71. The van der Waals surface area contributed by atoms with Crippen molar-refractivity contribution in [2.75, 3.05) is 6.61 Å². The summed E-state index contributed by atoms with van der Waals surface area (Å²) in [5.74, 6) is -0.220. The summed E-state index contributed by atoms with van der Waals surface area (Å²) in [4.78, 5) is 16.1. The molecule has 6 heteroatoms. The highest BCUT2D eigenvalue weighted by Gasteiger charge is 2.16. The van der Waals surface area contributed by atoms with Gasteiger partial charge in [0.15, 0.2) is 5.78 Å². The predicted molar refractivity (Wildman–Crippen MR) is 91.1 cm³/mol. The fourth-order valence-electron chi connectivity index (χ4n) is 2.01. The maximum Gasteiger partial charge on any atom is 0.182 e. The maximum absolute atomic E-state index is 11.9. The molecular weight excluding hydrogens is 362 g/mol. The number of rotatable bonds is 6. The Kier molecular flexibility index (Phi) is 5.90. The second-order valence-corrected chi connectivity index (χ2v) is 5.91. The number of aliphatic hydroxyl groups excluding tert-OH is 1. The van der Waals surface area contributed by atoms with E-state index >= 15 is 0 Å². The highest BCUT2D eigenvalue weighted by atomic mass is 79.9. The van der Waals surface area contributed by atoms with Crippen LogP contribution in [0.25, 0.3) is 0 Å². The van der Waals surface area contributed by atoms with Crippen LogP contribution in [0.3, 0.4) is 0 Å². The first-order valence-corrected chi connectivity index (χ1v) is 7.72. The molecule has 0 radical (unpaired) electrons. The highest BCUT2D eigenvalue weighted by molar-refractivity contribution is 9.10. The van der Waals surface area contributed by atoms with Gasteiger partial charge in [-0.25, -0.2) is 0 Å². The highest BCUT2D eigenvalue weighted by Crippen LogP contribution is 2.20. The van der Waals surface area contributed by atoms with Crippen molar-refractivity contribution < 1.29 is 20.1 Å². The SMILES string of the molecule is O=C(CO)C(Cc1ccc(O)cc1)N=Cc1cc(Br)ccc1O. The molecule has 0 spiro atoms. The Morgan fingerprint density at radius 2 is 1.87 bits per heavy atom. The lowest BCUT2D eigenvalue weighted by Crippen LogP contribution is -2.24. The molecule has 23 heavy (non-hydrogen) atoms. The zero-order valence-corrected chi connectivity index (χ0v) is 13.8. The summed E-state index contributed by atoms with van der Waals surface area (Å²) in [5, 5.41) is 28.2. The van der Waals surface area contributed by atoms with Gasteiger partial charge in [0.05, 0.1) is 0 Å². The molecular formula is C17H16BrNO4. The molecule has 0 bridgehead atoms. The molecule has 0 heterocycles. The number of halogens is 1. The molecule has 1 atom stereocenters. The fraction of sp³-hybridized carbons (Fsp3) is 0.176. The number of carbonyl (C=O) groups excluding carboxylic acids is 1. The van der Waals surface area contributed by atoms with E-state index in [0.717, 1.165) is 10.0 Å². The predicted octanol–water partition coefficient (Wildman–Crippen LogP) is 2.45. The molecule has 0 saturated heterocycles. The molecule has 3 N–H and O–H groups in total. The zero-order chi connectivity index (χ0) is 16.8. The second-order valence-electron chi connectivity index (χ2n) is 4.99. The summed E-state index contributed by atoms with van der Waals surface area (Å²) in [5.41, 5.74) is 1.28. The van der Waals surface area contributed by atoms with Gasteiger partial charge in [-0.3, -0.25) is 9.79 Å². The van der Waals surface area contributed by atoms with Gasteiger partial charge >= 0.3 is 0 Å². The van der Waals surface area contributed by atoms with Crippen molar-refractivity contribution in [3.05, 3.63) is 58.1 Å². The summed E-state index contributed by atoms with van der Waals surface area (Å²) >= 11 is 3.30. The number of Topliss-reactive ketones (excluding diaryl/α,β-unsaturated/α-hetero) is 1. The van der Waals surface area contributed by atoms with Crippen molar-refractivity contribution in [3.63, 3.8) is 0 Å².